The standard InChI is InChI=1S/C12H13Cl2N/c1-7-6-12(2,3)15-10-5-8(13)4-9(14)11(7)10/h4-6,15H,1-3H3. The van der Waals surface area contributed by atoms with E-state index in [0.717, 1.165) is 11.3 Å². The summed E-state index contributed by atoms with van der Waals surface area (Å²) in [5.74, 6) is 0. The summed E-state index contributed by atoms with van der Waals surface area (Å²) in [4.78, 5) is 0. The van der Waals surface area contributed by atoms with Gasteiger partial charge >= 0.3 is 0 Å². The Labute approximate surface area is 100 Å². The van der Waals surface area contributed by atoms with Crippen molar-refractivity contribution >= 4 is 34.5 Å². The Hall–Kier alpha value is -0.660. The first-order valence-corrected chi connectivity index (χ1v) is 5.62. The number of benzene rings is 1. The van der Waals surface area contributed by atoms with Gasteiger partial charge < -0.3 is 5.32 Å². The Morgan fingerprint density at radius 1 is 1.20 bits per heavy atom. The smallest absolute Gasteiger partial charge is 0.0516 e. The topological polar surface area (TPSA) is 12.0 Å². The van der Waals surface area contributed by atoms with Crippen molar-refractivity contribution in [1.82, 2.24) is 0 Å². The molecule has 0 amide bonds. The van der Waals surface area contributed by atoms with Crippen LogP contribution in [-0.4, -0.2) is 5.54 Å². The van der Waals surface area contributed by atoms with Crippen LogP contribution in [0.25, 0.3) is 5.57 Å². The van der Waals surface area contributed by atoms with Gasteiger partial charge in [-0.3, -0.25) is 0 Å². The maximum absolute atomic E-state index is 6.17. The van der Waals surface area contributed by atoms with E-state index in [1.165, 1.54) is 5.57 Å². The normalized spacial score (nSPS) is 17.8. The number of nitrogens with one attached hydrogen (secondary N) is 1. The molecule has 15 heavy (non-hydrogen) atoms. The Morgan fingerprint density at radius 2 is 1.87 bits per heavy atom. The highest BCUT2D eigenvalue weighted by Crippen LogP contribution is 2.39. The van der Waals surface area contributed by atoms with Crippen molar-refractivity contribution in [2.45, 2.75) is 26.3 Å². The van der Waals surface area contributed by atoms with Gasteiger partial charge in [-0.1, -0.05) is 29.3 Å². The fraction of sp³-hybridized carbons (Fsp3) is 0.333. The molecule has 80 valence electrons. The molecule has 0 fully saturated rings. The molecule has 0 aromatic heterocycles. The summed E-state index contributed by atoms with van der Waals surface area (Å²) in [6.07, 6.45) is 2.18. The van der Waals surface area contributed by atoms with E-state index >= 15 is 0 Å². The van der Waals surface area contributed by atoms with Crippen LogP contribution in [0.2, 0.25) is 10.0 Å². The van der Waals surface area contributed by atoms with Crippen molar-refractivity contribution in [2.75, 3.05) is 5.32 Å². The van der Waals surface area contributed by atoms with E-state index in [-0.39, 0.29) is 5.54 Å². The number of allylic oxidation sites excluding steroid dienone is 1. The minimum Gasteiger partial charge on any atom is -0.376 e. The van der Waals surface area contributed by atoms with E-state index in [1.54, 1.807) is 6.07 Å². The average molecular weight is 242 g/mol. The fourth-order valence-electron chi connectivity index (χ4n) is 2.07. The molecule has 1 aliphatic rings. The number of hydrogen-bond acceptors (Lipinski definition) is 1. The lowest BCUT2D eigenvalue weighted by Crippen LogP contribution is -2.31. The molecule has 0 radical (unpaired) electrons. The van der Waals surface area contributed by atoms with Crippen molar-refractivity contribution < 1.29 is 0 Å². The highest BCUT2D eigenvalue weighted by molar-refractivity contribution is 6.36. The summed E-state index contributed by atoms with van der Waals surface area (Å²) >= 11 is 12.1. The molecule has 0 bridgehead atoms. The van der Waals surface area contributed by atoms with Crippen LogP contribution in [0, 0.1) is 0 Å². The lowest BCUT2D eigenvalue weighted by atomic mass is 9.91. The first-order chi connectivity index (χ1) is 6.89. The predicted molar refractivity (Wildman–Crippen MR) is 67.8 cm³/mol. The summed E-state index contributed by atoms with van der Waals surface area (Å²) in [5.41, 5.74) is 3.21. The predicted octanol–water partition coefficient (Wildman–Crippen LogP) is 4.60. The Morgan fingerprint density at radius 3 is 2.53 bits per heavy atom. The molecule has 0 saturated carbocycles. The number of fused-ring (bicyclic) bond motifs is 1. The average Bonchev–Trinajstić information content (AvgIpc) is 1.97. The van der Waals surface area contributed by atoms with Crippen LogP contribution >= 0.6 is 23.2 Å². The molecule has 1 aromatic rings. The zero-order valence-electron chi connectivity index (χ0n) is 8.99. The van der Waals surface area contributed by atoms with Crippen LogP contribution in [0.15, 0.2) is 18.2 Å². The van der Waals surface area contributed by atoms with Gasteiger partial charge in [-0.25, -0.2) is 0 Å². The summed E-state index contributed by atoms with van der Waals surface area (Å²) in [5, 5.41) is 4.77. The number of hydrogen-bond donors (Lipinski definition) is 1. The van der Waals surface area contributed by atoms with Crippen LogP contribution < -0.4 is 5.32 Å². The summed E-state index contributed by atoms with van der Waals surface area (Å²) in [6, 6.07) is 3.69. The highest BCUT2D eigenvalue weighted by Gasteiger charge is 2.24. The maximum Gasteiger partial charge on any atom is 0.0516 e. The third kappa shape index (κ3) is 1.99. The molecule has 0 atom stereocenters. The van der Waals surface area contributed by atoms with Crippen LogP contribution in [0.4, 0.5) is 5.69 Å². The lowest BCUT2D eigenvalue weighted by Gasteiger charge is -2.32. The van der Waals surface area contributed by atoms with Gasteiger partial charge in [-0.2, -0.15) is 0 Å². The first kappa shape index (κ1) is 10.8. The second kappa shape index (κ2) is 3.43. The van der Waals surface area contributed by atoms with Gasteiger partial charge in [-0.15, -0.1) is 0 Å². The summed E-state index contributed by atoms with van der Waals surface area (Å²) in [6.45, 7) is 6.31. The fourth-order valence-corrected chi connectivity index (χ4v) is 2.71. The van der Waals surface area contributed by atoms with E-state index in [2.05, 4.69) is 32.2 Å². The van der Waals surface area contributed by atoms with Crippen LogP contribution in [0.1, 0.15) is 26.3 Å². The van der Waals surface area contributed by atoms with Gasteiger partial charge in [0.25, 0.3) is 0 Å². The van der Waals surface area contributed by atoms with E-state index in [1.807, 2.05) is 6.07 Å². The monoisotopic (exact) mass is 241 g/mol. The van der Waals surface area contributed by atoms with Crippen molar-refractivity contribution in [1.29, 1.82) is 0 Å². The molecule has 1 nitrogen and oxygen atoms in total. The second-order valence-corrected chi connectivity index (χ2v) is 5.33. The zero-order valence-corrected chi connectivity index (χ0v) is 10.5. The quantitative estimate of drug-likeness (QED) is 0.700. The SMILES string of the molecule is CC1=CC(C)(C)Nc2cc(Cl)cc(Cl)c21. The Kier molecular flexibility index (Phi) is 2.48. The minimum atomic E-state index is -0.0505. The summed E-state index contributed by atoms with van der Waals surface area (Å²) < 4.78 is 0. The summed E-state index contributed by atoms with van der Waals surface area (Å²) in [7, 11) is 0. The van der Waals surface area contributed by atoms with Crippen LogP contribution in [0.5, 0.6) is 0 Å². The van der Waals surface area contributed by atoms with Gasteiger partial charge in [0, 0.05) is 16.3 Å². The molecule has 0 unspecified atom stereocenters. The number of rotatable bonds is 0. The first-order valence-electron chi connectivity index (χ1n) is 4.86. The van der Waals surface area contributed by atoms with Crippen molar-refractivity contribution in [3.05, 3.63) is 33.8 Å². The molecular formula is C12H13Cl2N. The lowest BCUT2D eigenvalue weighted by molar-refractivity contribution is 0.707. The van der Waals surface area contributed by atoms with E-state index in [0.29, 0.717) is 10.0 Å². The van der Waals surface area contributed by atoms with E-state index in [4.69, 9.17) is 23.2 Å². The molecule has 1 aromatic carbocycles. The molecule has 1 aliphatic heterocycles. The van der Waals surface area contributed by atoms with E-state index in [9.17, 15) is 0 Å². The number of anilines is 1. The van der Waals surface area contributed by atoms with Crippen LogP contribution in [-0.2, 0) is 0 Å². The van der Waals surface area contributed by atoms with Crippen molar-refractivity contribution in [3.8, 4) is 0 Å². The molecule has 3 heteroatoms. The molecule has 0 saturated heterocycles. The van der Waals surface area contributed by atoms with E-state index < -0.39 is 0 Å². The zero-order chi connectivity index (χ0) is 11.2. The van der Waals surface area contributed by atoms with Gasteiger partial charge in [0.05, 0.1) is 10.6 Å². The Bertz CT molecular complexity index is 447. The van der Waals surface area contributed by atoms with Gasteiger partial charge in [0.1, 0.15) is 0 Å². The van der Waals surface area contributed by atoms with Gasteiger partial charge in [0.15, 0.2) is 0 Å². The third-order valence-electron chi connectivity index (χ3n) is 2.48. The van der Waals surface area contributed by atoms with Crippen molar-refractivity contribution in [2.24, 2.45) is 0 Å². The van der Waals surface area contributed by atoms with Gasteiger partial charge in [0.2, 0.25) is 0 Å². The molecule has 2 rings (SSSR count). The third-order valence-corrected chi connectivity index (χ3v) is 3.00. The second-order valence-electron chi connectivity index (χ2n) is 4.48. The molecule has 1 heterocycles. The maximum atomic E-state index is 6.17. The van der Waals surface area contributed by atoms with Crippen molar-refractivity contribution in [3.63, 3.8) is 0 Å². The molecular weight excluding hydrogens is 229 g/mol. The Balaban J connectivity index is 2.65. The molecule has 1 N–H and O–H groups in total. The largest absolute Gasteiger partial charge is 0.376 e. The number of halogens is 2. The highest BCUT2D eigenvalue weighted by atomic mass is 35.5. The van der Waals surface area contributed by atoms with Crippen LogP contribution in [0.3, 0.4) is 0 Å². The minimum absolute atomic E-state index is 0.0505. The molecule has 0 spiro atoms. The van der Waals surface area contributed by atoms with Gasteiger partial charge in [-0.05, 0) is 38.5 Å². The molecule has 0 aliphatic carbocycles.